The van der Waals surface area contributed by atoms with Crippen molar-refractivity contribution in [3.63, 3.8) is 0 Å². The molecule has 6 nitrogen and oxygen atoms in total. The van der Waals surface area contributed by atoms with E-state index in [1.807, 2.05) is 13.8 Å². The topological polar surface area (TPSA) is 87.0 Å². The molecule has 2 bridgehead atoms. The van der Waals surface area contributed by atoms with Crippen LogP contribution in [0.25, 0.3) is 0 Å². The first kappa shape index (κ1) is 13.8. The number of nitrogens with zero attached hydrogens (tertiary/aromatic N) is 2. The lowest BCUT2D eigenvalue weighted by Gasteiger charge is -2.41. The van der Waals surface area contributed by atoms with Gasteiger partial charge in [0, 0.05) is 13.5 Å². The normalized spacial score (nSPS) is 36.9. The van der Waals surface area contributed by atoms with Crippen LogP contribution in [-0.2, 0) is 16.1 Å². The maximum absolute atomic E-state index is 12.3. The number of hydrogen-bond donors (Lipinski definition) is 1. The third kappa shape index (κ3) is 1.47. The first-order valence-electron chi connectivity index (χ1n) is 5.98. The number of rotatable bonds is 4. The predicted octanol–water partition coefficient (Wildman–Crippen LogP) is 1.54. The Morgan fingerprint density at radius 3 is 2.50 bits per heavy atom. The molecule has 1 N–H and O–H groups in total. The first-order chi connectivity index (χ1) is 8.29. The zero-order valence-electron chi connectivity index (χ0n) is 10.8. The molecule has 0 aromatic heterocycles. The second-order valence-electron chi connectivity index (χ2n) is 5.81. The lowest BCUT2D eigenvalue weighted by atomic mass is 9.67. The monoisotopic (exact) mass is 274 g/mol. The van der Waals surface area contributed by atoms with Gasteiger partial charge in [0.1, 0.15) is 5.78 Å². The number of nitroso groups, excluding NO2 is 1. The zero-order valence-corrected chi connectivity index (χ0v) is 11.6. The summed E-state index contributed by atoms with van der Waals surface area (Å²) in [7, 11) is 1.35. The Hall–Kier alpha value is -0.660. The van der Waals surface area contributed by atoms with E-state index in [9.17, 15) is 13.9 Å². The largest absolute Gasteiger partial charge is 0.299 e. The summed E-state index contributed by atoms with van der Waals surface area (Å²) in [6, 6.07) is 0. The molecular formula is C11H18N2O4S. The minimum absolute atomic E-state index is 0.00523. The number of Topliss-reactive ketones (excluding diaryl/α,β-unsaturated/α-hetero) is 1. The number of carbonyl (C=O) groups excluding carboxylic acids is 1. The Kier molecular flexibility index (Phi) is 3.19. The van der Waals surface area contributed by atoms with Crippen LogP contribution in [-0.4, -0.2) is 32.1 Å². The van der Waals surface area contributed by atoms with E-state index < -0.39 is 22.8 Å². The maximum Gasteiger partial charge on any atom is 0.236 e. The molecule has 2 saturated carbocycles. The maximum atomic E-state index is 12.3. The van der Waals surface area contributed by atoms with Gasteiger partial charge in [0.15, 0.2) is 6.17 Å². The molecule has 0 saturated heterocycles. The van der Waals surface area contributed by atoms with Crippen LogP contribution in [0.4, 0.5) is 0 Å². The van der Waals surface area contributed by atoms with Gasteiger partial charge in [0.05, 0.1) is 5.41 Å². The molecule has 2 aliphatic rings. The third-order valence-corrected chi connectivity index (χ3v) is 5.81. The summed E-state index contributed by atoms with van der Waals surface area (Å²) in [6.07, 6.45) is 0.821. The lowest BCUT2D eigenvalue weighted by Crippen LogP contribution is -2.52. The molecule has 102 valence electrons. The van der Waals surface area contributed by atoms with Crippen molar-refractivity contribution in [2.75, 3.05) is 7.05 Å². The highest BCUT2D eigenvalue weighted by molar-refractivity contribution is 7.76. The molecule has 7 heteroatoms. The van der Waals surface area contributed by atoms with Gasteiger partial charge in [-0.1, -0.05) is 13.8 Å². The van der Waals surface area contributed by atoms with Crippen LogP contribution in [0.3, 0.4) is 0 Å². The van der Waals surface area contributed by atoms with Crippen LogP contribution in [0, 0.1) is 21.7 Å². The molecule has 18 heavy (non-hydrogen) atoms. The number of fused-ring (bicyclic) bond motifs is 2. The van der Waals surface area contributed by atoms with Crippen molar-refractivity contribution in [2.45, 2.75) is 39.3 Å². The Balaban J connectivity index is 2.48. The Morgan fingerprint density at radius 2 is 2.17 bits per heavy atom. The molecule has 0 aromatic carbocycles. The van der Waals surface area contributed by atoms with Crippen molar-refractivity contribution in [3.05, 3.63) is 4.91 Å². The molecule has 2 rings (SSSR count). The summed E-state index contributed by atoms with van der Waals surface area (Å²) in [6.45, 7) is 3.92. The average molecular weight is 274 g/mol. The minimum atomic E-state index is -2.31. The Bertz CT molecular complexity index is 425. The lowest BCUT2D eigenvalue weighted by molar-refractivity contribution is -0.132. The van der Waals surface area contributed by atoms with Gasteiger partial charge >= 0.3 is 0 Å². The van der Waals surface area contributed by atoms with Gasteiger partial charge in [-0.25, -0.2) is 4.21 Å². The second kappa shape index (κ2) is 4.18. The summed E-state index contributed by atoms with van der Waals surface area (Å²) in [5.41, 5.74) is -1.26. The van der Waals surface area contributed by atoms with Gasteiger partial charge in [-0.15, -0.1) is 4.91 Å². The molecule has 2 aliphatic carbocycles. The second-order valence-corrected chi connectivity index (χ2v) is 6.85. The molecule has 0 radical (unpaired) electrons. The summed E-state index contributed by atoms with van der Waals surface area (Å²) < 4.78 is 21.3. The Labute approximate surface area is 109 Å². The van der Waals surface area contributed by atoms with Crippen LogP contribution in [0.15, 0.2) is 5.18 Å². The highest BCUT2D eigenvalue weighted by Crippen LogP contribution is 2.66. The molecule has 0 aromatic rings. The van der Waals surface area contributed by atoms with Crippen LogP contribution in [0.2, 0.25) is 0 Å². The Morgan fingerprint density at radius 1 is 1.56 bits per heavy atom. The van der Waals surface area contributed by atoms with Gasteiger partial charge in [0.2, 0.25) is 11.3 Å². The van der Waals surface area contributed by atoms with E-state index in [-0.39, 0.29) is 17.1 Å². The fourth-order valence-electron chi connectivity index (χ4n) is 3.87. The standard InChI is InChI=1S/C11H18N2O4S/c1-10(2)7-4-5-11(10,8(14)6-7)9(12-15)13(3)18(16)17/h7,9H,4-6H2,1-3H3,(H,16,17). The molecule has 0 heterocycles. The van der Waals surface area contributed by atoms with E-state index in [4.69, 9.17) is 4.55 Å². The van der Waals surface area contributed by atoms with Gasteiger partial charge < -0.3 is 0 Å². The number of carbonyl (C=O) groups is 1. The van der Waals surface area contributed by atoms with Gasteiger partial charge in [0.25, 0.3) is 0 Å². The van der Waals surface area contributed by atoms with E-state index in [0.29, 0.717) is 12.8 Å². The highest BCUT2D eigenvalue weighted by Gasteiger charge is 2.69. The summed E-state index contributed by atoms with van der Waals surface area (Å²) in [4.78, 5) is 23.5. The van der Waals surface area contributed by atoms with Crippen molar-refractivity contribution in [1.29, 1.82) is 0 Å². The molecule has 0 amide bonds. The molecular weight excluding hydrogens is 256 g/mol. The fourth-order valence-corrected chi connectivity index (χ4v) is 4.26. The van der Waals surface area contributed by atoms with Gasteiger partial charge in [-0.2, -0.15) is 4.31 Å². The minimum Gasteiger partial charge on any atom is -0.299 e. The van der Waals surface area contributed by atoms with Crippen molar-refractivity contribution in [1.82, 2.24) is 4.31 Å². The van der Waals surface area contributed by atoms with Crippen LogP contribution < -0.4 is 0 Å². The third-order valence-electron chi connectivity index (χ3n) is 5.12. The fraction of sp³-hybridized carbons (Fsp3) is 0.909. The molecule has 4 atom stereocenters. The summed E-state index contributed by atoms with van der Waals surface area (Å²) in [5.74, 6) is 0.250. The van der Waals surface area contributed by atoms with Gasteiger partial charge in [-0.3, -0.25) is 9.35 Å². The van der Waals surface area contributed by atoms with Crippen LogP contribution in [0.1, 0.15) is 33.1 Å². The van der Waals surface area contributed by atoms with Gasteiger partial charge in [-0.05, 0) is 29.4 Å². The molecule has 2 fully saturated rings. The van der Waals surface area contributed by atoms with E-state index in [1.165, 1.54) is 7.05 Å². The predicted molar refractivity (Wildman–Crippen MR) is 66.7 cm³/mol. The van der Waals surface area contributed by atoms with Crippen molar-refractivity contribution in [2.24, 2.45) is 21.9 Å². The summed E-state index contributed by atoms with van der Waals surface area (Å²) >= 11 is -2.31. The number of hydrogen-bond acceptors (Lipinski definition) is 4. The highest BCUT2D eigenvalue weighted by atomic mass is 32.2. The van der Waals surface area contributed by atoms with Crippen molar-refractivity contribution >= 4 is 17.0 Å². The molecule has 0 aliphatic heterocycles. The van der Waals surface area contributed by atoms with Crippen molar-refractivity contribution < 1.29 is 13.6 Å². The van der Waals surface area contributed by atoms with Crippen molar-refractivity contribution in [3.8, 4) is 0 Å². The van der Waals surface area contributed by atoms with E-state index in [2.05, 4.69) is 5.18 Å². The smallest absolute Gasteiger partial charge is 0.236 e. The van der Waals surface area contributed by atoms with E-state index >= 15 is 0 Å². The summed E-state index contributed by atoms with van der Waals surface area (Å²) in [5, 5.41) is 3.01. The van der Waals surface area contributed by atoms with Crippen LogP contribution >= 0.6 is 0 Å². The quantitative estimate of drug-likeness (QED) is 0.622. The molecule has 0 spiro atoms. The van der Waals surface area contributed by atoms with E-state index in [1.54, 1.807) is 0 Å². The van der Waals surface area contributed by atoms with E-state index in [0.717, 1.165) is 10.7 Å². The SMILES string of the molecule is CN(C(N=O)C12CCC(CC1=O)C2(C)C)S(=O)O. The first-order valence-corrected chi connectivity index (χ1v) is 7.05. The molecule has 4 unspecified atom stereocenters. The number of ketones is 1. The zero-order chi connectivity index (χ0) is 13.7. The average Bonchev–Trinajstić information content (AvgIpc) is 2.64. The van der Waals surface area contributed by atoms with Crippen LogP contribution in [0.5, 0.6) is 0 Å².